The number of esters is 1. The van der Waals surface area contributed by atoms with Crippen LogP contribution in [0, 0.1) is 10.1 Å². The highest BCUT2D eigenvalue weighted by Crippen LogP contribution is 2.29. The molecule has 0 unspecified atom stereocenters. The molecule has 8 heteroatoms. The fraction of sp³-hybridized carbons (Fsp3) is 0.167. The second-order valence-electron chi connectivity index (χ2n) is 3.75. The van der Waals surface area contributed by atoms with E-state index in [0.717, 1.165) is 6.07 Å². The Bertz CT molecular complexity index is 766. The monoisotopic (exact) mass is 341 g/mol. The van der Waals surface area contributed by atoms with Crippen molar-refractivity contribution < 1.29 is 18.9 Å². The van der Waals surface area contributed by atoms with Crippen LogP contribution in [0.4, 0.5) is 5.69 Å². The van der Waals surface area contributed by atoms with Crippen molar-refractivity contribution in [3.63, 3.8) is 0 Å². The summed E-state index contributed by atoms with van der Waals surface area (Å²) in [4.78, 5) is 33.8. The lowest BCUT2D eigenvalue weighted by Crippen LogP contribution is -2.10. The zero-order valence-electron chi connectivity index (χ0n) is 10.2. The Kier molecular flexibility index (Phi) is 3.84. The van der Waals surface area contributed by atoms with E-state index in [1.807, 2.05) is 0 Å². The Labute approximate surface area is 120 Å². The molecule has 0 saturated carbocycles. The van der Waals surface area contributed by atoms with Crippen molar-refractivity contribution in [2.75, 3.05) is 6.61 Å². The number of nitro groups is 1. The number of nitrogens with zero attached hydrogens (tertiary/aromatic N) is 1. The van der Waals surface area contributed by atoms with Crippen molar-refractivity contribution in [3.05, 3.63) is 48.8 Å². The molecule has 0 atom stereocenters. The molecular weight excluding hydrogens is 334 g/mol. The number of non-ortho nitro benzene ring substituents is 1. The Balaban J connectivity index is 2.78. The minimum Gasteiger partial charge on any atom is -0.460 e. The van der Waals surface area contributed by atoms with E-state index in [1.54, 1.807) is 6.92 Å². The highest BCUT2D eigenvalue weighted by molar-refractivity contribution is 9.10. The van der Waals surface area contributed by atoms with Gasteiger partial charge in [0.25, 0.3) is 0 Å². The molecular formula is C12H8BrNO6. The number of fused-ring (bicyclic) bond motifs is 1. The third-order valence-corrected chi connectivity index (χ3v) is 2.90. The maximum Gasteiger partial charge on any atom is 0.374 e. The first-order valence-corrected chi connectivity index (χ1v) is 6.32. The number of rotatable bonds is 3. The fourth-order valence-corrected chi connectivity index (χ4v) is 2.09. The van der Waals surface area contributed by atoms with Gasteiger partial charge in [0, 0.05) is 16.6 Å². The molecule has 0 radical (unpaired) electrons. The molecule has 1 aromatic carbocycles. The highest BCUT2D eigenvalue weighted by Gasteiger charge is 2.21. The van der Waals surface area contributed by atoms with Crippen LogP contribution in [0.1, 0.15) is 17.5 Å². The summed E-state index contributed by atoms with van der Waals surface area (Å²) in [5, 5.41) is 11.0. The lowest BCUT2D eigenvalue weighted by atomic mass is 10.2. The minimum atomic E-state index is -0.844. The molecule has 0 aliphatic heterocycles. The number of hydrogen-bond acceptors (Lipinski definition) is 6. The number of benzene rings is 1. The van der Waals surface area contributed by atoms with Gasteiger partial charge in [-0.3, -0.25) is 14.9 Å². The van der Waals surface area contributed by atoms with Crippen molar-refractivity contribution in [3.8, 4) is 0 Å². The van der Waals surface area contributed by atoms with Crippen LogP contribution < -0.4 is 5.43 Å². The number of hydrogen-bond donors (Lipinski definition) is 0. The van der Waals surface area contributed by atoms with E-state index in [9.17, 15) is 19.7 Å². The summed E-state index contributed by atoms with van der Waals surface area (Å²) < 4.78 is 10.2. The van der Waals surface area contributed by atoms with Crippen molar-refractivity contribution >= 4 is 38.6 Å². The zero-order valence-corrected chi connectivity index (χ0v) is 11.8. The van der Waals surface area contributed by atoms with Crippen LogP contribution in [0.3, 0.4) is 0 Å². The van der Waals surface area contributed by atoms with Gasteiger partial charge in [0.05, 0.1) is 16.9 Å². The van der Waals surface area contributed by atoms with Crippen LogP contribution in [0.5, 0.6) is 0 Å². The molecule has 20 heavy (non-hydrogen) atoms. The van der Waals surface area contributed by atoms with Gasteiger partial charge in [-0.2, -0.15) is 0 Å². The summed E-state index contributed by atoms with van der Waals surface area (Å²) in [6.07, 6.45) is 0. The van der Waals surface area contributed by atoms with Crippen LogP contribution in [0.2, 0.25) is 0 Å². The first-order valence-electron chi connectivity index (χ1n) is 5.53. The first kappa shape index (κ1) is 14.2. The second-order valence-corrected chi connectivity index (χ2v) is 4.67. The summed E-state index contributed by atoms with van der Waals surface area (Å²) in [5.41, 5.74) is -1.22. The molecule has 0 saturated heterocycles. The van der Waals surface area contributed by atoms with E-state index in [1.165, 1.54) is 12.1 Å². The van der Waals surface area contributed by atoms with Gasteiger partial charge >= 0.3 is 11.7 Å². The Morgan fingerprint density at radius 3 is 2.75 bits per heavy atom. The Hall–Kier alpha value is -2.22. The van der Waals surface area contributed by atoms with Crippen LogP contribution >= 0.6 is 15.9 Å². The van der Waals surface area contributed by atoms with E-state index >= 15 is 0 Å². The largest absolute Gasteiger partial charge is 0.460 e. The molecule has 0 spiro atoms. The molecule has 0 amide bonds. The molecule has 2 rings (SSSR count). The smallest absolute Gasteiger partial charge is 0.374 e. The summed E-state index contributed by atoms with van der Waals surface area (Å²) >= 11 is 3.08. The van der Waals surface area contributed by atoms with Crippen LogP contribution in [-0.4, -0.2) is 17.5 Å². The third-order valence-electron chi connectivity index (χ3n) is 2.45. The van der Waals surface area contributed by atoms with Crippen molar-refractivity contribution in [1.82, 2.24) is 0 Å². The van der Waals surface area contributed by atoms with E-state index < -0.39 is 22.0 Å². The van der Waals surface area contributed by atoms with Gasteiger partial charge in [-0.25, -0.2) is 4.79 Å². The molecule has 0 aliphatic carbocycles. The van der Waals surface area contributed by atoms with E-state index in [-0.39, 0.29) is 23.3 Å². The van der Waals surface area contributed by atoms with Crippen LogP contribution in [0.15, 0.2) is 31.9 Å². The van der Waals surface area contributed by atoms with Gasteiger partial charge in [0.1, 0.15) is 0 Å². The summed E-state index contributed by atoms with van der Waals surface area (Å²) in [7, 11) is 0. The van der Waals surface area contributed by atoms with Gasteiger partial charge in [0.2, 0.25) is 11.3 Å². The topological polar surface area (TPSA) is 99.7 Å². The fourth-order valence-electron chi connectivity index (χ4n) is 1.64. The lowest BCUT2D eigenvalue weighted by Gasteiger charge is -2.03. The van der Waals surface area contributed by atoms with Gasteiger partial charge in [0.15, 0.2) is 5.43 Å². The number of nitro benzene ring substituents is 1. The molecule has 2 aromatic rings. The molecule has 0 fully saturated rings. The van der Waals surface area contributed by atoms with Gasteiger partial charge in [-0.1, -0.05) is 15.9 Å². The maximum atomic E-state index is 11.9. The average molecular weight is 342 g/mol. The summed E-state index contributed by atoms with van der Waals surface area (Å²) in [5.74, 6) is -1.21. The maximum absolute atomic E-state index is 11.9. The van der Waals surface area contributed by atoms with E-state index in [2.05, 4.69) is 15.9 Å². The van der Waals surface area contributed by atoms with Gasteiger partial charge in [-0.15, -0.1) is 0 Å². The number of carbonyl (C=O) groups excluding carboxylic acids is 1. The normalized spacial score (nSPS) is 10.5. The van der Waals surface area contributed by atoms with E-state index in [0.29, 0.717) is 4.47 Å². The van der Waals surface area contributed by atoms with Gasteiger partial charge in [-0.05, 0) is 13.0 Å². The minimum absolute atomic E-state index is 0.0131. The standard InChI is InChI=1S/C12H8BrNO6/c1-2-19-12(16)10-5-9(15)7-3-6(13)4-8(14(17)18)11(7)20-10/h3-5H,2H2,1H3. The van der Waals surface area contributed by atoms with Crippen molar-refractivity contribution in [2.24, 2.45) is 0 Å². The molecule has 0 aliphatic rings. The molecule has 0 N–H and O–H groups in total. The summed E-state index contributed by atoms with van der Waals surface area (Å²) in [6, 6.07) is 3.54. The van der Waals surface area contributed by atoms with E-state index in [4.69, 9.17) is 9.15 Å². The molecule has 1 heterocycles. The lowest BCUT2D eigenvalue weighted by molar-refractivity contribution is -0.383. The Morgan fingerprint density at radius 2 is 2.15 bits per heavy atom. The molecule has 104 valence electrons. The SMILES string of the molecule is CCOC(=O)c1cc(=O)c2cc(Br)cc([N+](=O)[O-])c2o1. The zero-order chi connectivity index (χ0) is 14.9. The average Bonchev–Trinajstić information content (AvgIpc) is 2.38. The van der Waals surface area contributed by atoms with Crippen LogP contribution in [0.25, 0.3) is 11.0 Å². The number of ether oxygens (including phenoxy) is 1. The highest BCUT2D eigenvalue weighted by atomic mass is 79.9. The molecule has 1 aromatic heterocycles. The number of halogens is 1. The van der Waals surface area contributed by atoms with Crippen LogP contribution in [-0.2, 0) is 4.74 Å². The first-order chi connectivity index (χ1) is 9.43. The third kappa shape index (κ3) is 2.55. The predicted molar refractivity (Wildman–Crippen MR) is 72.8 cm³/mol. The number of carbonyl (C=O) groups is 1. The molecule has 0 bridgehead atoms. The second kappa shape index (κ2) is 5.41. The summed E-state index contributed by atoms with van der Waals surface area (Å²) in [6.45, 7) is 1.69. The quantitative estimate of drug-likeness (QED) is 0.483. The molecule has 7 nitrogen and oxygen atoms in total. The van der Waals surface area contributed by atoms with Crippen molar-refractivity contribution in [2.45, 2.75) is 6.92 Å². The Morgan fingerprint density at radius 1 is 1.45 bits per heavy atom. The van der Waals surface area contributed by atoms with Gasteiger partial charge < -0.3 is 9.15 Å². The predicted octanol–water partition coefficient (Wildman–Crippen LogP) is 2.64. The van der Waals surface area contributed by atoms with Crippen molar-refractivity contribution in [1.29, 1.82) is 0 Å².